The Morgan fingerprint density at radius 1 is 1.23 bits per heavy atom. The smallest absolute Gasteiger partial charge is 0.0157 e. The lowest BCUT2D eigenvalue weighted by Crippen LogP contribution is -2.39. The van der Waals surface area contributed by atoms with Crippen LogP contribution in [0.5, 0.6) is 0 Å². The summed E-state index contributed by atoms with van der Waals surface area (Å²) >= 11 is 2.13. The van der Waals surface area contributed by atoms with Crippen molar-refractivity contribution >= 4 is 11.8 Å². The largest absolute Gasteiger partial charge is 0.325 e. The van der Waals surface area contributed by atoms with Crippen molar-refractivity contribution in [2.75, 3.05) is 11.5 Å². The van der Waals surface area contributed by atoms with E-state index < -0.39 is 0 Å². The van der Waals surface area contributed by atoms with E-state index in [-0.39, 0.29) is 5.54 Å². The molecule has 0 bridgehead atoms. The van der Waals surface area contributed by atoms with Crippen LogP contribution in [0.25, 0.3) is 0 Å². The van der Waals surface area contributed by atoms with Crippen molar-refractivity contribution in [3.05, 3.63) is 0 Å². The summed E-state index contributed by atoms with van der Waals surface area (Å²) in [7, 11) is 0. The molecule has 1 atom stereocenters. The van der Waals surface area contributed by atoms with Crippen LogP contribution in [0, 0.1) is 5.92 Å². The first-order chi connectivity index (χ1) is 6.29. The SMILES string of the molecule is NC1(CC2CCCSC2)CCCC1. The Morgan fingerprint density at radius 3 is 2.62 bits per heavy atom. The molecule has 1 aliphatic heterocycles. The zero-order valence-corrected chi connectivity index (χ0v) is 9.24. The second-order valence-corrected chi connectivity index (χ2v) is 6.01. The summed E-state index contributed by atoms with van der Waals surface area (Å²) in [6, 6.07) is 0. The van der Waals surface area contributed by atoms with Crippen LogP contribution in [0.3, 0.4) is 0 Å². The maximum atomic E-state index is 6.38. The molecule has 1 unspecified atom stereocenters. The van der Waals surface area contributed by atoms with Gasteiger partial charge in [-0.05, 0) is 49.5 Å². The summed E-state index contributed by atoms with van der Waals surface area (Å²) in [6.45, 7) is 0. The molecule has 1 heterocycles. The third-order valence-corrected chi connectivity index (χ3v) is 4.83. The van der Waals surface area contributed by atoms with Crippen LogP contribution < -0.4 is 5.73 Å². The summed E-state index contributed by atoms with van der Waals surface area (Å²) in [5, 5.41) is 0. The van der Waals surface area contributed by atoms with Crippen LogP contribution in [0.2, 0.25) is 0 Å². The maximum Gasteiger partial charge on any atom is 0.0157 e. The standard InChI is InChI=1S/C11H21NS/c12-11(5-1-2-6-11)8-10-4-3-7-13-9-10/h10H,1-9,12H2. The number of hydrogen-bond acceptors (Lipinski definition) is 2. The minimum Gasteiger partial charge on any atom is -0.325 e. The average molecular weight is 199 g/mol. The third-order valence-electron chi connectivity index (χ3n) is 3.55. The minimum absolute atomic E-state index is 0.239. The quantitative estimate of drug-likeness (QED) is 0.740. The van der Waals surface area contributed by atoms with E-state index in [0.717, 1.165) is 5.92 Å². The number of thioether (sulfide) groups is 1. The van der Waals surface area contributed by atoms with E-state index in [0.29, 0.717) is 0 Å². The number of hydrogen-bond donors (Lipinski definition) is 1. The number of rotatable bonds is 2. The van der Waals surface area contributed by atoms with Gasteiger partial charge in [0.25, 0.3) is 0 Å². The fourth-order valence-corrected chi connectivity index (χ4v) is 3.98. The van der Waals surface area contributed by atoms with E-state index in [1.54, 1.807) is 0 Å². The van der Waals surface area contributed by atoms with Crippen molar-refractivity contribution in [3.63, 3.8) is 0 Å². The molecule has 13 heavy (non-hydrogen) atoms. The topological polar surface area (TPSA) is 26.0 Å². The van der Waals surface area contributed by atoms with Crippen molar-refractivity contribution in [2.24, 2.45) is 11.7 Å². The van der Waals surface area contributed by atoms with E-state index in [1.165, 1.54) is 56.5 Å². The average Bonchev–Trinajstić information content (AvgIpc) is 2.54. The molecule has 0 radical (unpaired) electrons. The Hall–Kier alpha value is 0.310. The van der Waals surface area contributed by atoms with Crippen LogP contribution in [0.15, 0.2) is 0 Å². The molecule has 1 saturated carbocycles. The maximum absolute atomic E-state index is 6.38. The van der Waals surface area contributed by atoms with Crippen molar-refractivity contribution in [1.82, 2.24) is 0 Å². The molecule has 2 fully saturated rings. The fraction of sp³-hybridized carbons (Fsp3) is 1.00. The van der Waals surface area contributed by atoms with Gasteiger partial charge >= 0.3 is 0 Å². The van der Waals surface area contributed by atoms with Gasteiger partial charge in [-0.25, -0.2) is 0 Å². The highest BCUT2D eigenvalue weighted by molar-refractivity contribution is 7.99. The molecule has 1 saturated heterocycles. The summed E-state index contributed by atoms with van der Waals surface area (Å²) < 4.78 is 0. The lowest BCUT2D eigenvalue weighted by Gasteiger charge is -2.31. The van der Waals surface area contributed by atoms with E-state index in [9.17, 15) is 0 Å². The van der Waals surface area contributed by atoms with E-state index in [1.807, 2.05) is 0 Å². The molecular weight excluding hydrogens is 178 g/mol. The first-order valence-corrected chi connectivity index (χ1v) is 6.81. The Balaban J connectivity index is 1.81. The normalized spacial score (nSPS) is 33.5. The van der Waals surface area contributed by atoms with Crippen LogP contribution in [0.4, 0.5) is 0 Å². The predicted molar refractivity (Wildman–Crippen MR) is 60.1 cm³/mol. The van der Waals surface area contributed by atoms with Gasteiger partial charge < -0.3 is 5.73 Å². The molecule has 2 N–H and O–H groups in total. The highest BCUT2D eigenvalue weighted by Crippen LogP contribution is 2.36. The molecule has 0 spiro atoms. The molecule has 0 aromatic rings. The lowest BCUT2D eigenvalue weighted by molar-refractivity contribution is 0.323. The monoisotopic (exact) mass is 199 g/mol. The molecule has 0 amide bonds. The Labute approximate surface area is 85.8 Å². The molecule has 2 aliphatic rings. The van der Waals surface area contributed by atoms with Crippen LogP contribution in [-0.4, -0.2) is 17.0 Å². The second kappa shape index (κ2) is 4.22. The van der Waals surface area contributed by atoms with E-state index in [2.05, 4.69) is 11.8 Å². The molecular formula is C11H21NS. The van der Waals surface area contributed by atoms with Gasteiger partial charge in [-0.1, -0.05) is 12.8 Å². The molecule has 2 rings (SSSR count). The zero-order valence-electron chi connectivity index (χ0n) is 8.43. The van der Waals surface area contributed by atoms with Crippen molar-refractivity contribution in [2.45, 2.75) is 50.5 Å². The highest BCUT2D eigenvalue weighted by Gasteiger charge is 2.32. The van der Waals surface area contributed by atoms with Gasteiger partial charge in [0.1, 0.15) is 0 Å². The summed E-state index contributed by atoms with van der Waals surface area (Å²) in [5.41, 5.74) is 6.62. The second-order valence-electron chi connectivity index (χ2n) is 4.86. The molecule has 0 aromatic carbocycles. The highest BCUT2D eigenvalue weighted by atomic mass is 32.2. The van der Waals surface area contributed by atoms with Crippen molar-refractivity contribution in [1.29, 1.82) is 0 Å². The minimum atomic E-state index is 0.239. The van der Waals surface area contributed by atoms with Gasteiger partial charge in [-0.3, -0.25) is 0 Å². The van der Waals surface area contributed by atoms with Crippen LogP contribution >= 0.6 is 11.8 Å². The third kappa shape index (κ3) is 2.63. The lowest BCUT2D eigenvalue weighted by atomic mass is 9.85. The van der Waals surface area contributed by atoms with Gasteiger partial charge in [0.05, 0.1) is 0 Å². The molecule has 2 heteroatoms. The first-order valence-electron chi connectivity index (χ1n) is 5.65. The predicted octanol–water partition coefficient (Wildman–Crippen LogP) is 2.79. The van der Waals surface area contributed by atoms with Gasteiger partial charge in [0, 0.05) is 5.54 Å². The number of nitrogens with two attached hydrogens (primary N) is 1. The van der Waals surface area contributed by atoms with Crippen molar-refractivity contribution < 1.29 is 0 Å². The van der Waals surface area contributed by atoms with E-state index >= 15 is 0 Å². The molecule has 0 aromatic heterocycles. The molecule has 76 valence electrons. The summed E-state index contributed by atoms with van der Waals surface area (Å²) in [4.78, 5) is 0. The molecule has 1 aliphatic carbocycles. The Bertz CT molecular complexity index is 157. The Kier molecular flexibility index (Phi) is 3.20. The first kappa shape index (κ1) is 9.85. The van der Waals surface area contributed by atoms with Crippen LogP contribution in [0.1, 0.15) is 44.9 Å². The van der Waals surface area contributed by atoms with Gasteiger partial charge in [0.2, 0.25) is 0 Å². The summed E-state index contributed by atoms with van der Waals surface area (Å²) in [6.07, 6.45) is 9.48. The molecule has 1 nitrogen and oxygen atoms in total. The Morgan fingerprint density at radius 2 is 2.00 bits per heavy atom. The van der Waals surface area contributed by atoms with Gasteiger partial charge in [-0.2, -0.15) is 11.8 Å². The summed E-state index contributed by atoms with van der Waals surface area (Å²) in [5.74, 6) is 3.69. The van der Waals surface area contributed by atoms with Crippen LogP contribution in [-0.2, 0) is 0 Å². The zero-order chi connectivity index (χ0) is 9.15. The van der Waals surface area contributed by atoms with E-state index in [4.69, 9.17) is 5.73 Å². The van der Waals surface area contributed by atoms with Gasteiger partial charge in [0.15, 0.2) is 0 Å². The van der Waals surface area contributed by atoms with Gasteiger partial charge in [-0.15, -0.1) is 0 Å². The van der Waals surface area contributed by atoms with Crippen molar-refractivity contribution in [3.8, 4) is 0 Å². The fourth-order valence-electron chi connectivity index (χ4n) is 2.83.